The van der Waals surface area contributed by atoms with Crippen LogP contribution in [0.2, 0.25) is 5.02 Å². The van der Waals surface area contributed by atoms with Crippen molar-refractivity contribution in [3.05, 3.63) is 63.7 Å². The molecule has 7 heteroatoms. The normalized spacial score (nSPS) is 12.4. The van der Waals surface area contributed by atoms with Gasteiger partial charge in [0.25, 0.3) is 5.92 Å². The van der Waals surface area contributed by atoms with Crippen LogP contribution in [0.15, 0.2) is 41.3 Å². The largest absolute Gasteiger partial charge is 0.287 e. The summed E-state index contributed by atoms with van der Waals surface area (Å²) in [5.41, 5.74) is 1.53. The van der Waals surface area contributed by atoms with Gasteiger partial charge in [0.15, 0.2) is 0 Å². The monoisotopic (exact) mass is 373 g/mol. The zero-order valence-electron chi connectivity index (χ0n) is 13.5. The Bertz CT molecular complexity index is 844. The molecule has 0 saturated carbocycles. The van der Waals surface area contributed by atoms with Crippen LogP contribution >= 0.6 is 11.6 Å². The average Bonchev–Trinajstić information content (AvgIpc) is 2.44. The SMILES string of the molecule is Cc1cc(C)c(S(=O)(=O)NCC(F)(F)c2ccccc2Cl)c(C)c1. The van der Waals surface area contributed by atoms with E-state index in [1.165, 1.54) is 24.3 Å². The Morgan fingerprint density at radius 1 is 1.08 bits per heavy atom. The fourth-order valence-corrected chi connectivity index (χ4v) is 4.46. The fourth-order valence-electron chi connectivity index (χ4n) is 2.70. The molecule has 0 bridgehead atoms. The van der Waals surface area contributed by atoms with Crippen LogP contribution < -0.4 is 4.72 Å². The lowest BCUT2D eigenvalue weighted by Gasteiger charge is -2.20. The van der Waals surface area contributed by atoms with Crippen molar-refractivity contribution in [3.63, 3.8) is 0 Å². The molecule has 0 saturated heterocycles. The number of rotatable bonds is 5. The molecular weight excluding hydrogens is 356 g/mol. The van der Waals surface area contributed by atoms with Crippen molar-refractivity contribution < 1.29 is 17.2 Å². The Labute approximate surface area is 145 Å². The maximum atomic E-state index is 14.3. The number of hydrogen-bond acceptors (Lipinski definition) is 2. The molecule has 0 heterocycles. The molecule has 2 aromatic rings. The summed E-state index contributed by atoms with van der Waals surface area (Å²) in [7, 11) is -4.07. The van der Waals surface area contributed by atoms with Gasteiger partial charge < -0.3 is 0 Å². The van der Waals surface area contributed by atoms with Gasteiger partial charge in [-0.2, -0.15) is 8.78 Å². The van der Waals surface area contributed by atoms with Crippen molar-refractivity contribution in [3.8, 4) is 0 Å². The van der Waals surface area contributed by atoms with E-state index in [2.05, 4.69) is 0 Å². The summed E-state index contributed by atoms with van der Waals surface area (Å²) in [5, 5.41) is -0.107. The first-order chi connectivity index (χ1) is 11.0. The summed E-state index contributed by atoms with van der Waals surface area (Å²) in [6.07, 6.45) is 0. The highest BCUT2D eigenvalue weighted by Gasteiger charge is 2.35. The summed E-state index contributed by atoms with van der Waals surface area (Å²) in [6, 6.07) is 8.89. The lowest BCUT2D eigenvalue weighted by molar-refractivity contribution is 0.00220. The number of nitrogens with one attached hydrogen (secondary N) is 1. The maximum absolute atomic E-state index is 14.3. The third-order valence-corrected chi connectivity index (χ3v) is 5.66. The molecule has 0 fully saturated rings. The molecule has 130 valence electrons. The predicted molar refractivity (Wildman–Crippen MR) is 91.2 cm³/mol. The lowest BCUT2D eigenvalue weighted by atomic mass is 10.1. The highest BCUT2D eigenvalue weighted by atomic mass is 35.5. The number of alkyl halides is 2. The summed E-state index contributed by atoms with van der Waals surface area (Å²) >= 11 is 5.79. The fraction of sp³-hybridized carbons (Fsp3) is 0.294. The van der Waals surface area contributed by atoms with Gasteiger partial charge in [-0.05, 0) is 38.0 Å². The van der Waals surface area contributed by atoms with Crippen LogP contribution in [0.4, 0.5) is 8.78 Å². The third kappa shape index (κ3) is 3.94. The molecule has 2 aromatic carbocycles. The molecule has 24 heavy (non-hydrogen) atoms. The zero-order valence-corrected chi connectivity index (χ0v) is 15.1. The van der Waals surface area contributed by atoms with Crippen LogP contribution in [0.3, 0.4) is 0 Å². The average molecular weight is 374 g/mol. The summed E-state index contributed by atoms with van der Waals surface area (Å²) in [4.78, 5) is 0.0306. The van der Waals surface area contributed by atoms with Gasteiger partial charge in [0.2, 0.25) is 10.0 Å². The van der Waals surface area contributed by atoms with E-state index in [-0.39, 0.29) is 9.92 Å². The second-order valence-corrected chi connectivity index (χ2v) is 7.85. The van der Waals surface area contributed by atoms with E-state index in [0.29, 0.717) is 11.1 Å². The first kappa shape index (κ1) is 18.8. The van der Waals surface area contributed by atoms with E-state index in [1.54, 1.807) is 26.0 Å². The summed E-state index contributed by atoms with van der Waals surface area (Å²) < 4.78 is 55.6. The Hall–Kier alpha value is -1.50. The molecule has 2 rings (SSSR count). The van der Waals surface area contributed by atoms with Crippen molar-refractivity contribution in [2.75, 3.05) is 6.54 Å². The molecule has 0 radical (unpaired) electrons. The topological polar surface area (TPSA) is 46.2 Å². The van der Waals surface area contributed by atoms with Gasteiger partial charge in [0.1, 0.15) is 0 Å². The molecule has 0 amide bonds. The Kier molecular flexibility index (Phi) is 5.32. The number of aryl methyl sites for hydroxylation is 3. The minimum atomic E-state index is -4.07. The standard InChI is InChI=1S/C17H18ClF2NO2S/c1-11-8-12(2)16(13(3)9-11)24(22,23)21-10-17(19,20)14-6-4-5-7-15(14)18/h4-9,21H,10H2,1-3H3. The number of benzene rings is 2. The second-order valence-electron chi connectivity index (χ2n) is 5.74. The zero-order chi connectivity index (χ0) is 18.1. The van der Waals surface area contributed by atoms with Crippen LogP contribution in [0.1, 0.15) is 22.3 Å². The van der Waals surface area contributed by atoms with Crippen LogP contribution in [0.5, 0.6) is 0 Å². The van der Waals surface area contributed by atoms with E-state index in [4.69, 9.17) is 11.6 Å². The molecule has 0 spiro atoms. The second kappa shape index (κ2) is 6.78. The van der Waals surface area contributed by atoms with Crippen LogP contribution in [0.25, 0.3) is 0 Å². The molecule has 0 aromatic heterocycles. The predicted octanol–water partition coefficient (Wildman–Crippen LogP) is 4.34. The molecule has 0 aliphatic carbocycles. The summed E-state index contributed by atoms with van der Waals surface area (Å²) in [6.45, 7) is 4.06. The molecular formula is C17H18ClF2NO2S. The first-order valence-electron chi connectivity index (χ1n) is 7.25. The van der Waals surface area contributed by atoms with Gasteiger partial charge in [0, 0.05) is 10.6 Å². The minimum Gasteiger partial charge on any atom is -0.207 e. The molecule has 3 nitrogen and oxygen atoms in total. The Morgan fingerprint density at radius 3 is 2.17 bits per heavy atom. The van der Waals surface area contributed by atoms with Gasteiger partial charge in [0.05, 0.1) is 11.4 Å². The van der Waals surface area contributed by atoms with E-state index < -0.39 is 28.1 Å². The van der Waals surface area contributed by atoms with Gasteiger partial charge in [-0.3, -0.25) is 0 Å². The van der Waals surface area contributed by atoms with Gasteiger partial charge >= 0.3 is 0 Å². The van der Waals surface area contributed by atoms with Crippen molar-refractivity contribution in [1.29, 1.82) is 0 Å². The quantitative estimate of drug-likeness (QED) is 0.847. The first-order valence-corrected chi connectivity index (χ1v) is 9.11. The lowest BCUT2D eigenvalue weighted by Crippen LogP contribution is -2.35. The van der Waals surface area contributed by atoms with Crippen LogP contribution in [-0.4, -0.2) is 15.0 Å². The smallest absolute Gasteiger partial charge is 0.207 e. The maximum Gasteiger partial charge on any atom is 0.287 e. The van der Waals surface area contributed by atoms with E-state index >= 15 is 0 Å². The molecule has 1 N–H and O–H groups in total. The van der Waals surface area contributed by atoms with E-state index in [0.717, 1.165) is 5.56 Å². The molecule has 0 aliphatic rings. The van der Waals surface area contributed by atoms with Crippen LogP contribution in [-0.2, 0) is 15.9 Å². The van der Waals surface area contributed by atoms with Crippen molar-refractivity contribution in [2.24, 2.45) is 0 Å². The molecule has 0 aliphatic heterocycles. The van der Waals surface area contributed by atoms with E-state index in [9.17, 15) is 17.2 Å². The van der Waals surface area contributed by atoms with Crippen LogP contribution in [0, 0.1) is 20.8 Å². The van der Waals surface area contributed by atoms with Crippen molar-refractivity contribution in [2.45, 2.75) is 31.6 Å². The number of sulfonamides is 1. The Balaban J connectivity index is 2.30. The van der Waals surface area contributed by atoms with Crippen molar-refractivity contribution in [1.82, 2.24) is 4.72 Å². The number of halogens is 3. The summed E-state index contributed by atoms with van der Waals surface area (Å²) in [5.74, 6) is -3.42. The molecule has 0 unspecified atom stereocenters. The highest BCUT2D eigenvalue weighted by Crippen LogP contribution is 2.33. The van der Waals surface area contributed by atoms with Gasteiger partial charge in [-0.15, -0.1) is 0 Å². The number of hydrogen-bond donors (Lipinski definition) is 1. The molecule has 0 atom stereocenters. The van der Waals surface area contributed by atoms with Gasteiger partial charge in [-0.25, -0.2) is 13.1 Å². The Morgan fingerprint density at radius 2 is 1.62 bits per heavy atom. The minimum absolute atomic E-state index is 0.0306. The highest BCUT2D eigenvalue weighted by molar-refractivity contribution is 7.89. The van der Waals surface area contributed by atoms with Gasteiger partial charge in [-0.1, -0.05) is 47.5 Å². The van der Waals surface area contributed by atoms with E-state index in [1.807, 2.05) is 11.6 Å². The third-order valence-electron chi connectivity index (χ3n) is 3.63. The van der Waals surface area contributed by atoms with Crippen molar-refractivity contribution >= 4 is 21.6 Å².